The van der Waals surface area contributed by atoms with Gasteiger partial charge in [-0.2, -0.15) is 0 Å². The Morgan fingerprint density at radius 1 is 0.980 bits per heavy atom. The van der Waals surface area contributed by atoms with Crippen LogP contribution in [0.2, 0.25) is 0 Å². The fraction of sp³-hybridized carbons (Fsp3) is 0.472. The van der Waals surface area contributed by atoms with E-state index in [-0.39, 0.29) is 44.6 Å². The molecule has 3 aliphatic heterocycles. The first-order valence-electron chi connectivity index (χ1n) is 16.5. The number of ketones is 1. The Kier molecular flexibility index (Phi) is 11.6. The Balaban J connectivity index is 1.93. The van der Waals surface area contributed by atoms with Crippen LogP contribution in [0.3, 0.4) is 0 Å². The van der Waals surface area contributed by atoms with Gasteiger partial charge in [0.2, 0.25) is 5.96 Å². The van der Waals surface area contributed by atoms with Gasteiger partial charge in [-0.3, -0.25) is 15.0 Å². The zero-order valence-electron chi connectivity index (χ0n) is 29.8. The van der Waals surface area contributed by atoms with E-state index in [1.54, 1.807) is 39.8 Å². The number of aliphatic hydroxyl groups is 3. The van der Waals surface area contributed by atoms with Crippen molar-refractivity contribution in [1.29, 1.82) is 5.41 Å². The minimum atomic E-state index is -1.99. The normalized spacial score (nSPS) is 30.8. The number of nitrogens with two attached hydrogens (primary N) is 1. The SMILES string of the molecule is COC1C=COC2(C)Oc3c(C)c(O)c4c(O)c(cc(N=NC(=N)N)c4c3C2=O)NC(=O)C(C)=CC=CC(C)C(O)C(C)C(O)C(C)C(O)C1C. The van der Waals surface area contributed by atoms with Gasteiger partial charge in [-0.1, -0.05) is 45.9 Å². The summed E-state index contributed by atoms with van der Waals surface area (Å²) in [7, 11) is 1.43. The summed E-state index contributed by atoms with van der Waals surface area (Å²) in [6.07, 6.45) is 3.45. The summed E-state index contributed by atoms with van der Waals surface area (Å²) in [5.41, 5.74) is 5.26. The number of fused-ring (bicyclic) bond motifs is 14. The van der Waals surface area contributed by atoms with Gasteiger partial charge in [0.25, 0.3) is 11.7 Å². The maximum atomic E-state index is 14.1. The van der Waals surface area contributed by atoms with Crippen molar-refractivity contribution in [3.63, 3.8) is 0 Å². The van der Waals surface area contributed by atoms with Crippen molar-refractivity contribution in [3.8, 4) is 17.2 Å². The molecule has 0 fully saturated rings. The largest absolute Gasteiger partial charge is 0.507 e. The van der Waals surface area contributed by atoms with Gasteiger partial charge in [0.05, 0.1) is 53.0 Å². The van der Waals surface area contributed by atoms with Crippen LogP contribution in [0.1, 0.15) is 57.5 Å². The van der Waals surface area contributed by atoms with Crippen LogP contribution in [0.15, 0.2) is 52.4 Å². The topological polar surface area (TPSA) is 250 Å². The molecule has 1 amide bonds. The number of benzene rings is 2. The van der Waals surface area contributed by atoms with E-state index >= 15 is 0 Å². The lowest BCUT2D eigenvalue weighted by atomic mass is 9.78. The number of nitrogens with zero attached hydrogens (tertiary/aromatic N) is 2. The summed E-state index contributed by atoms with van der Waals surface area (Å²) in [5, 5.41) is 73.7. The molecule has 3 aliphatic rings. The molecular formula is C36H47N5O10. The number of nitrogens with one attached hydrogen (secondary N) is 2. The van der Waals surface area contributed by atoms with Crippen molar-refractivity contribution in [1.82, 2.24) is 0 Å². The van der Waals surface area contributed by atoms with E-state index in [0.29, 0.717) is 0 Å². The quantitative estimate of drug-likeness (QED) is 0.0936. The summed E-state index contributed by atoms with van der Waals surface area (Å²) in [4.78, 5) is 27.4. The number of carbonyl (C=O) groups excluding carboxylic acids is 2. The van der Waals surface area contributed by atoms with Crippen LogP contribution in [0.4, 0.5) is 11.4 Å². The first-order chi connectivity index (χ1) is 23.9. The molecule has 9 atom stereocenters. The van der Waals surface area contributed by atoms with Crippen LogP contribution >= 0.6 is 0 Å². The van der Waals surface area contributed by atoms with E-state index in [4.69, 9.17) is 25.4 Å². The molecular weight excluding hydrogens is 662 g/mol. The van der Waals surface area contributed by atoms with Gasteiger partial charge >= 0.3 is 5.79 Å². The molecule has 0 saturated carbocycles. The number of azo groups is 1. The second kappa shape index (κ2) is 15.2. The Morgan fingerprint density at radius 2 is 1.61 bits per heavy atom. The molecule has 15 nitrogen and oxygen atoms in total. The fourth-order valence-corrected chi connectivity index (χ4v) is 6.45. The molecule has 2 aromatic rings. The van der Waals surface area contributed by atoms with Gasteiger partial charge in [-0.25, -0.2) is 0 Å². The van der Waals surface area contributed by atoms with Gasteiger partial charge in [0, 0.05) is 54.2 Å². The lowest BCUT2D eigenvalue weighted by Crippen LogP contribution is -2.44. The number of hydrogen-bond acceptors (Lipinski definition) is 12. The van der Waals surface area contributed by atoms with E-state index in [1.807, 2.05) is 0 Å². The molecule has 0 spiro atoms. The fourth-order valence-electron chi connectivity index (χ4n) is 6.45. The monoisotopic (exact) mass is 709 g/mol. The van der Waals surface area contributed by atoms with Crippen molar-refractivity contribution in [2.75, 3.05) is 12.4 Å². The number of aliphatic hydroxyl groups excluding tert-OH is 3. The molecule has 5 bridgehead atoms. The molecule has 2 aromatic carbocycles. The number of allylic oxidation sites excluding steroid dienone is 2. The second-order valence-corrected chi connectivity index (χ2v) is 13.4. The zero-order chi connectivity index (χ0) is 38.1. The smallest absolute Gasteiger partial charge is 0.312 e. The van der Waals surface area contributed by atoms with Crippen molar-refractivity contribution >= 4 is 39.8 Å². The lowest BCUT2D eigenvalue weighted by Gasteiger charge is -2.36. The van der Waals surface area contributed by atoms with Gasteiger partial charge in [-0.05, 0) is 26.0 Å². The number of methoxy groups -OCH3 is 1. The maximum Gasteiger partial charge on any atom is 0.312 e. The second-order valence-electron chi connectivity index (χ2n) is 13.4. The van der Waals surface area contributed by atoms with E-state index in [0.717, 1.165) is 0 Å². The highest BCUT2D eigenvalue weighted by Crippen LogP contribution is 2.54. The minimum absolute atomic E-state index is 0.0622. The highest BCUT2D eigenvalue weighted by atomic mass is 16.7. The van der Waals surface area contributed by atoms with Crippen LogP contribution < -0.4 is 15.8 Å². The van der Waals surface area contributed by atoms with Crippen molar-refractivity contribution in [2.45, 2.75) is 78.7 Å². The minimum Gasteiger partial charge on any atom is -0.507 e. The van der Waals surface area contributed by atoms with Crippen LogP contribution in [0.5, 0.6) is 17.2 Å². The maximum absolute atomic E-state index is 14.1. The summed E-state index contributed by atoms with van der Waals surface area (Å²) in [6, 6.07) is 1.21. The van der Waals surface area contributed by atoms with Crippen LogP contribution in [0.25, 0.3) is 10.8 Å². The number of hydrogen-bond donors (Lipinski definition) is 8. The van der Waals surface area contributed by atoms with E-state index in [1.165, 1.54) is 52.4 Å². The molecule has 15 heteroatoms. The van der Waals surface area contributed by atoms with Gasteiger partial charge in [0.1, 0.15) is 11.5 Å². The number of amides is 1. The van der Waals surface area contributed by atoms with Gasteiger partial charge in [0.15, 0.2) is 5.75 Å². The predicted molar refractivity (Wildman–Crippen MR) is 189 cm³/mol. The number of ether oxygens (including phenoxy) is 3. The highest BCUT2D eigenvalue weighted by molar-refractivity contribution is 6.22. The number of Topliss-reactive ketones (excluding diaryl/α,β-unsaturated/α-hetero) is 1. The molecule has 276 valence electrons. The Labute approximate surface area is 295 Å². The number of phenolic OH excluding ortho intramolecular Hbond substituents is 2. The molecule has 9 unspecified atom stereocenters. The van der Waals surface area contributed by atoms with Crippen molar-refractivity contribution < 1.29 is 49.3 Å². The molecule has 0 aliphatic carbocycles. The van der Waals surface area contributed by atoms with Gasteiger partial charge in [-0.15, -0.1) is 10.2 Å². The Morgan fingerprint density at radius 3 is 2.24 bits per heavy atom. The molecule has 3 heterocycles. The standard InChI is InChI=1S/C36H47N5O10/c1-15-10-9-11-16(2)34(48)39-22-14-21(40-41-35(37)38)24-25(31(22)46)30(45)20(6)32-26(24)33(47)36(7,51-32)50-13-12-23(49-8)17(3)28(43)19(5)29(44)18(4)27(15)42/h9-15,17-19,23,27-29,42-46H,1-8H3,(H3,37,38)(H,39,48). The third-order valence-corrected chi connectivity index (χ3v) is 9.84. The van der Waals surface area contributed by atoms with E-state index in [9.17, 15) is 35.1 Å². The lowest BCUT2D eigenvalue weighted by molar-refractivity contribution is -0.112. The van der Waals surface area contributed by atoms with Crippen molar-refractivity contribution in [2.24, 2.45) is 39.6 Å². The number of rotatable bonds is 2. The van der Waals surface area contributed by atoms with Crippen molar-refractivity contribution in [3.05, 3.63) is 53.3 Å². The average molecular weight is 710 g/mol. The summed E-state index contributed by atoms with van der Waals surface area (Å²) >= 11 is 0. The number of carbonyl (C=O) groups is 2. The summed E-state index contributed by atoms with van der Waals surface area (Å²) in [6.45, 7) is 11.2. The first-order valence-corrected chi connectivity index (χ1v) is 16.5. The first kappa shape index (κ1) is 39.0. The molecule has 51 heavy (non-hydrogen) atoms. The van der Waals surface area contributed by atoms with Crippen LogP contribution in [0, 0.1) is 36.0 Å². The third-order valence-electron chi connectivity index (χ3n) is 9.84. The summed E-state index contributed by atoms with van der Waals surface area (Å²) in [5.74, 6) is -7.55. The molecule has 0 saturated heterocycles. The van der Waals surface area contributed by atoms with Crippen LogP contribution in [-0.2, 0) is 14.3 Å². The Hall–Kier alpha value is -4.83. The Bertz CT molecular complexity index is 1840. The average Bonchev–Trinajstić information content (AvgIpc) is 3.36. The molecule has 0 aromatic heterocycles. The summed E-state index contributed by atoms with van der Waals surface area (Å²) < 4.78 is 17.5. The number of guanidine groups is 1. The molecule has 0 radical (unpaired) electrons. The zero-order valence-corrected chi connectivity index (χ0v) is 29.8. The van der Waals surface area contributed by atoms with E-state index in [2.05, 4.69) is 15.5 Å². The number of anilines is 1. The predicted octanol–water partition coefficient (Wildman–Crippen LogP) is 4.45. The molecule has 5 rings (SSSR count). The number of phenols is 2. The van der Waals surface area contributed by atoms with Crippen LogP contribution in [-0.4, -0.2) is 80.5 Å². The van der Waals surface area contributed by atoms with E-state index < -0.39 is 83.0 Å². The molecule has 9 N–H and O–H groups in total. The van der Waals surface area contributed by atoms with Gasteiger partial charge < -0.3 is 50.8 Å². The number of aromatic hydroxyl groups is 2. The third kappa shape index (κ3) is 7.47. The highest BCUT2D eigenvalue weighted by Gasteiger charge is 2.49.